The lowest BCUT2D eigenvalue weighted by molar-refractivity contribution is 0.520. The van der Waals surface area contributed by atoms with Gasteiger partial charge in [-0.05, 0) is 29.0 Å². The second-order valence-corrected chi connectivity index (χ2v) is 7.87. The molecular weight excluding hydrogens is 310 g/mol. The largest absolute Gasteiger partial charge is 0.214 e. The molecule has 0 fully saturated rings. The first-order chi connectivity index (χ1) is 10.0. The molecule has 0 radical (unpaired) electrons. The van der Waals surface area contributed by atoms with E-state index in [0.29, 0.717) is 17.3 Å². The molecule has 0 bridgehead atoms. The second-order valence-electron chi connectivity index (χ2n) is 4.51. The van der Waals surface area contributed by atoms with Crippen LogP contribution in [0.1, 0.15) is 6.42 Å². The van der Waals surface area contributed by atoms with Gasteiger partial charge in [0.05, 0.1) is 11.4 Å². The van der Waals surface area contributed by atoms with Crippen molar-refractivity contribution in [1.29, 1.82) is 0 Å². The minimum absolute atomic E-state index is 0.125. The molecule has 0 aliphatic carbocycles. The van der Waals surface area contributed by atoms with Gasteiger partial charge in [0.25, 0.3) is 0 Å². The van der Waals surface area contributed by atoms with Crippen molar-refractivity contribution in [1.82, 2.24) is 24.5 Å². The molecule has 0 N–H and O–H groups in total. The van der Waals surface area contributed by atoms with Gasteiger partial charge < -0.3 is 0 Å². The molecule has 0 saturated carbocycles. The first-order valence-electron chi connectivity index (χ1n) is 6.37. The van der Waals surface area contributed by atoms with Crippen molar-refractivity contribution in [3.05, 3.63) is 30.3 Å². The van der Waals surface area contributed by atoms with E-state index in [9.17, 15) is 8.42 Å². The molecule has 2 aromatic rings. The Morgan fingerprint density at radius 3 is 2.62 bits per heavy atom. The highest BCUT2D eigenvalue weighted by Gasteiger charge is 2.14. The molecule has 0 unspecified atom stereocenters. The number of sulfonamides is 1. The van der Waals surface area contributed by atoms with Crippen LogP contribution in [0.25, 0.3) is 5.69 Å². The van der Waals surface area contributed by atoms with Crippen molar-refractivity contribution in [3.8, 4) is 5.69 Å². The van der Waals surface area contributed by atoms with E-state index in [1.54, 1.807) is 18.8 Å². The SMILES string of the molecule is CN(C)S(=O)(=O)CCCSc1nnnn1-c1ccccc1. The number of hydrogen-bond donors (Lipinski definition) is 0. The average Bonchev–Trinajstić information content (AvgIpc) is 2.93. The average molecular weight is 327 g/mol. The number of benzene rings is 1. The van der Waals surface area contributed by atoms with Crippen molar-refractivity contribution >= 4 is 21.8 Å². The van der Waals surface area contributed by atoms with E-state index >= 15 is 0 Å². The van der Waals surface area contributed by atoms with Crippen LogP contribution in [0.15, 0.2) is 35.5 Å². The van der Waals surface area contributed by atoms with Gasteiger partial charge in [-0.2, -0.15) is 4.68 Å². The van der Waals surface area contributed by atoms with Gasteiger partial charge in [0.2, 0.25) is 15.2 Å². The maximum Gasteiger partial charge on any atom is 0.214 e. The Labute approximate surface area is 128 Å². The third-order valence-corrected chi connectivity index (χ3v) is 5.70. The molecule has 1 aromatic carbocycles. The molecule has 1 heterocycles. The zero-order valence-electron chi connectivity index (χ0n) is 11.9. The Morgan fingerprint density at radius 2 is 1.95 bits per heavy atom. The van der Waals surface area contributed by atoms with Crippen LogP contribution in [0.2, 0.25) is 0 Å². The Hall–Kier alpha value is -1.45. The molecule has 0 spiro atoms. The summed E-state index contributed by atoms with van der Waals surface area (Å²) in [5.41, 5.74) is 0.880. The number of hydrogen-bond acceptors (Lipinski definition) is 6. The van der Waals surface area contributed by atoms with Crippen LogP contribution in [-0.4, -0.2) is 58.5 Å². The van der Waals surface area contributed by atoms with Crippen LogP contribution < -0.4 is 0 Å². The number of aromatic nitrogens is 4. The van der Waals surface area contributed by atoms with Crippen LogP contribution >= 0.6 is 11.8 Å². The highest BCUT2D eigenvalue weighted by atomic mass is 32.2. The quantitative estimate of drug-likeness (QED) is 0.558. The van der Waals surface area contributed by atoms with Crippen molar-refractivity contribution in [2.45, 2.75) is 11.6 Å². The summed E-state index contributed by atoms with van der Waals surface area (Å²) in [6.45, 7) is 0. The number of thioether (sulfide) groups is 1. The summed E-state index contributed by atoms with van der Waals surface area (Å²) in [5.74, 6) is 0.764. The molecular formula is C12H17N5O2S2. The van der Waals surface area contributed by atoms with Gasteiger partial charge in [-0.25, -0.2) is 12.7 Å². The van der Waals surface area contributed by atoms with E-state index in [2.05, 4.69) is 15.5 Å². The van der Waals surface area contributed by atoms with Crippen molar-refractivity contribution in [2.24, 2.45) is 0 Å². The van der Waals surface area contributed by atoms with Crippen LogP contribution in [0, 0.1) is 0 Å². The molecule has 1 aromatic heterocycles. The van der Waals surface area contributed by atoms with Crippen LogP contribution in [-0.2, 0) is 10.0 Å². The lowest BCUT2D eigenvalue weighted by Gasteiger charge is -2.10. The second kappa shape index (κ2) is 7.01. The van der Waals surface area contributed by atoms with Gasteiger partial charge in [-0.1, -0.05) is 30.0 Å². The van der Waals surface area contributed by atoms with Crippen molar-refractivity contribution in [3.63, 3.8) is 0 Å². The summed E-state index contributed by atoms with van der Waals surface area (Å²) in [4.78, 5) is 0. The van der Waals surface area contributed by atoms with E-state index in [1.165, 1.54) is 16.1 Å². The van der Waals surface area contributed by atoms with E-state index in [0.717, 1.165) is 5.69 Å². The summed E-state index contributed by atoms with van der Waals surface area (Å²) in [6.07, 6.45) is 0.548. The third-order valence-electron chi connectivity index (χ3n) is 2.78. The summed E-state index contributed by atoms with van der Waals surface area (Å²) < 4.78 is 26.2. The fraction of sp³-hybridized carbons (Fsp3) is 0.417. The van der Waals surface area contributed by atoms with E-state index < -0.39 is 10.0 Å². The van der Waals surface area contributed by atoms with E-state index in [4.69, 9.17) is 0 Å². The molecule has 21 heavy (non-hydrogen) atoms. The monoisotopic (exact) mass is 327 g/mol. The first-order valence-corrected chi connectivity index (χ1v) is 8.97. The minimum Gasteiger partial charge on any atom is -0.212 e. The first kappa shape index (κ1) is 15.9. The van der Waals surface area contributed by atoms with Crippen LogP contribution in [0.5, 0.6) is 0 Å². The Morgan fingerprint density at radius 1 is 1.24 bits per heavy atom. The number of tetrazole rings is 1. The van der Waals surface area contributed by atoms with E-state index in [1.807, 2.05) is 30.3 Å². The van der Waals surface area contributed by atoms with Crippen LogP contribution in [0.4, 0.5) is 0 Å². The molecule has 114 valence electrons. The zero-order valence-corrected chi connectivity index (χ0v) is 13.5. The molecule has 0 aliphatic heterocycles. The fourth-order valence-electron chi connectivity index (χ4n) is 1.59. The smallest absolute Gasteiger partial charge is 0.212 e. The van der Waals surface area contributed by atoms with Crippen LogP contribution in [0.3, 0.4) is 0 Å². The summed E-state index contributed by atoms with van der Waals surface area (Å²) in [7, 11) is -0.0598. The standard InChI is InChI=1S/C12H17N5O2S2/c1-16(2)21(18,19)10-6-9-20-12-13-14-15-17(12)11-7-4-3-5-8-11/h3-5,7-8H,6,9-10H2,1-2H3. The Kier molecular flexibility index (Phi) is 5.32. The predicted octanol–water partition coefficient (Wildman–Crippen LogP) is 1.04. The van der Waals surface area contributed by atoms with Gasteiger partial charge in [-0.15, -0.1) is 5.10 Å². The molecule has 0 amide bonds. The number of nitrogens with zero attached hydrogens (tertiary/aromatic N) is 5. The van der Waals surface area contributed by atoms with Gasteiger partial charge in [-0.3, -0.25) is 0 Å². The maximum atomic E-state index is 11.7. The van der Waals surface area contributed by atoms with Gasteiger partial charge in [0, 0.05) is 19.8 Å². The highest BCUT2D eigenvalue weighted by Crippen LogP contribution is 2.18. The lowest BCUT2D eigenvalue weighted by Crippen LogP contribution is -2.25. The predicted molar refractivity (Wildman–Crippen MR) is 82.0 cm³/mol. The topological polar surface area (TPSA) is 81.0 Å². The van der Waals surface area contributed by atoms with Crippen molar-refractivity contribution in [2.75, 3.05) is 25.6 Å². The fourth-order valence-corrected chi connectivity index (χ4v) is 3.47. The maximum absolute atomic E-state index is 11.7. The molecule has 7 nitrogen and oxygen atoms in total. The van der Waals surface area contributed by atoms with E-state index in [-0.39, 0.29) is 5.75 Å². The minimum atomic E-state index is -3.14. The molecule has 0 atom stereocenters. The summed E-state index contributed by atoms with van der Waals surface area (Å²) >= 11 is 1.44. The third kappa shape index (κ3) is 4.26. The molecule has 2 rings (SSSR count). The number of para-hydroxylation sites is 1. The Balaban J connectivity index is 1.93. The zero-order chi connectivity index (χ0) is 15.3. The highest BCUT2D eigenvalue weighted by molar-refractivity contribution is 7.99. The normalized spacial score (nSPS) is 12.0. The summed E-state index contributed by atoms with van der Waals surface area (Å²) in [6, 6.07) is 9.57. The molecule has 0 saturated heterocycles. The number of rotatable bonds is 7. The van der Waals surface area contributed by atoms with Crippen molar-refractivity contribution < 1.29 is 8.42 Å². The molecule has 9 heteroatoms. The lowest BCUT2D eigenvalue weighted by atomic mass is 10.3. The van der Waals surface area contributed by atoms with Gasteiger partial charge >= 0.3 is 0 Å². The molecule has 0 aliphatic rings. The van der Waals surface area contributed by atoms with Gasteiger partial charge in [0.15, 0.2) is 0 Å². The van der Waals surface area contributed by atoms with Gasteiger partial charge in [0.1, 0.15) is 0 Å². The Bertz CT molecular complexity index is 670. The summed E-state index contributed by atoms with van der Waals surface area (Å²) in [5, 5.41) is 12.2.